The molecule has 2 amide bonds. The second-order valence-corrected chi connectivity index (χ2v) is 3.95. The average molecular weight is 269 g/mol. The van der Waals surface area contributed by atoms with E-state index in [1.54, 1.807) is 6.07 Å². The molecule has 0 heterocycles. The lowest BCUT2D eigenvalue weighted by atomic mass is 10.2. The number of carbonyl (C=O) groups excluding carboxylic acids is 2. The Kier molecular flexibility index (Phi) is 5.19. The van der Waals surface area contributed by atoms with Crippen LogP contribution in [0, 0.1) is 5.82 Å². The van der Waals surface area contributed by atoms with Crippen molar-refractivity contribution in [2.45, 2.75) is 6.54 Å². The molecular formula is C11H12FN3O2S. The van der Waals surface area contributed by atoms with E-state index in [-0.39, 0.29) is 18.1 Å². The van der Waals surface area contributed by atoms with Crippen molar-refractivity contribution in [3.05, 3.63) is 35.6 Å². The molecule has 0 fully saturated rings. The lowest BCUT2D eigenvalue weighted by molar-refractivity contribution is -0.139. The molecule has 18 heavy (non-hydrogen) atoms. The number of nitrogens with two attached hydrogens (primary N) is 1. The van der Waals surface area contributed by atoms with Gasteiger partial charge in [-0.05, 0) is 6.07 Å². The van der Waals surface area contributed by atoms with Crippen molar-refractivity contribution in [1.82, 2.24) is 10.6 Å². The Morgan fingerprint density at radius 2 is 1.83 bits per heavy atom. The monoisotopic (exact) mass is 269 g/mol. The zero-order chi connectivity index (χ0) is 13.5. The van der Waals surface area contributed by atoms with E-state index < -0.39 is 17.6 Å². The van der Waals surface area contributed by atoms with Gasteiger partial charge in [-0.3, -0.25) is 9.59 Å². The number of halogens is 1. The third-order valence-electron chi connectivity index (χ3n) is 2.03. The lowest BCUT2D eigenvalue weighted by Crippen LogP contribution is -2.42. The van der Waals surface area contributed by atoms with Crippen LogP contribution in [0.5, 0.6) is 0 Å². The zero-order valence-electron chi connectivity index (χ0n) is 9.40. The highest BCUT2D eigenvalue weighted by atomic mass is 32.1. The van der Waals surface area contributed by atoms with Gasteiger partial charge in [0.2, 0.25) is 0 Å². The van der Waals surface area contributed by atoms with Crippen LogP contribution in [0.2, 0.25) is 0 Å². The van der Waals surface area contributed by atoms with Gasteiger partial charge in [0.25, 0.3) is 0 Å². The summed E-state index contributed by atoms with van der Waals surface area (Å²) in [5, 5.41) is 4.51. The molecule has 0 spiro atoms. The molecule has 1 rings (SSSR count). The Bertz CT molecular complexity index is 479. The van der Waals surface area contributed by atoms with Crippen molar-refractivity contribution < 1.29 is 14.0 Å². The minimum atomic E-state index is -0.866. The summed E-state index contributed by atoms with van der Waals surface area (Å²) >= 11 is 4.54. The highest BCUT2D eigenvalue weighted by Crippen LogP contribution is 2.05. The molecule has 0 bridgehead atoms. The molecule has 1 aromatic carbocycles. The Hall–Kier alpha value is -2.02. The molecule has 96 valence electrons. The van der Waals surface area contributed by atoms with Gasteiger partial charge in [-0.1, -0.05) is 30.4 Å². The van der Waals surface area contributed by atoms with Crippen LogP contribution in [0.3, 0.4) is 0 Å². The predicted molar refractivity (Wildman–Crippen MR) is 68.0 cm³/mol. The Labute approximate surface area is 109 Å². The van der Waals surface area contributed by atoms with Gasteiger partial charge in [-0.2, -0.15) is 0 Å². The second kappa shape index (κ2) is 6.65. The first-order chi connectivity index (χ1) is 8.50. The number of rotatable bonds is 4. The minimum absolute atomic E-state index is 0.0543. The van der Waals surface area contributed by atoms with Crippen LogP contribution < -0.4 is 16.4 Å². The molecule has 5 nitrogen and oxygen atoms in total. The first-order valence-electron chi connectivity index (χ1n) is 5.08. The van der Waals surface area contributed by atoms with Crippen molar-refractivity contribution in [1.29, 1.82) is 0 Å². The molecule has 0 saturated carbocycles. The number of thiocarbonyl (C=S) groups is 1. The smallest absolute Gasteiger partial charge is 0.309 e. The number of amides is 2. The predicted octanol–water partition coefficient (Wildman–Crippen LogP) is -0.156. The van der Waals surface area contributed by atoms with E-state index in [0.29, 0.717) is 5.56 Å². The molecule has 0 aromatic heterocycles. The SMILES string of the molecule is NC(=S)CNC(=O)C(=O)NCc1ccccc1F. The maximum atomic E-state index is 13.2. The van der Waals surface area contributed by atoms with E-state index >= 15 is 0 Å². The van der Waals surface area contributed by atoms with Crippen LogP contribution in [-0.2, 0) is 16.1 Å². The van der Waals surface area contributed by atoms with Crippen LogP contribution in [0.1, 0.15) is 5.56 Å². The van der Waals surface area contributed by atoms with Crippen LogP contribution in [0.25, 0.3) is 0 Å². The number of benzene rings is 1. The highest BCUT2D eigenvalue weighted by molar-refractivity contribution is 7.80. The van der Waals surface area contributed by atoms with Gasteiger partial charge in [-0.15, -0.1) is 0 Å². The molecule has 0 unspecified atom stereocenters. The van der Waals surface area contributed by atoms with Gasteiger partial charge in [0.15, 0.2) is 0 Å². The minimum Gasteiger partial charge on any atom is -0.392 e. The fourth-order valence-electron chi connectivity index (χ4n) is 1.15. The number of hydrogen-bond acceptors (Lipinski definition) is 3. The normalized spacial score (nSPS) is 9.61. The van der Waals surface area contributed by atoms with Crippen molar-refractivity contribution in [2.75, 3.05) is 6.54 Å². The van der Waals surface area contributed by atoms with E-state index in [2.05, 4.69) is 22.9 Å². The molecule has 0 atom stereocenters. The first kappa shape index (κ1) is 14.0. The first-order valence-corrected chi connectivity index (χ1v) is 5.49. The molecule has 4 N–H and O–H groups in total. The molecule has 0 aliphatic carbocycles. The second-order valence-electron chi connectivity index (χ2n) is 3.42. The van der Waals surface area contributed by atoms with E-state index in [0.717, 1.165) is 0 Å². The van der Waals surface area contributed by atoms with E-state index in [9.17, 15) is 14.0 Å². The fourth-order valence-corrected chi connectivity index (χ4v) is 1.22. The van der Waals surface area contributed by atoms with Crippen molar-refractivity contribution >= 4 is 29.0 Å². The van der Waals surface area contributed by atoms with Crippen LogP contribution in [0.15, 0.2) is 24.3 Å². The van der Waals surface area contributed by atoms with E-state index in [1.165, 1.54) is 18.2 Å². The summed E-state index contributed by atoms with van der Waals surface area (Å²) in [7, 11) is 0. The van der Waals surface area contributed by atoms with E-state index in [1.807, 2.05) is 0 Å². The summed E-state index contributed by atoms with van der Waals surface area (Å²) < 4.78 is 13.2. The van der Waals surface area contributed by atoms with Crippen molar-refractivity contribution in [3.8, 4) is 0 Å². The highest BCUT2D eigenvalue weighted by Gasteiger charge is 2.13. The van der Waals surface area contributed by atoms with E-state index in [4.69, 9.17) is 5.73 Å². The van der Waals surface area contributed by atoms with Gasteiger partial charge in [-0.25, -0.2) is 4.39 Å². The average Bonchev–Trinajstić information content (AvgIpc) is 2.34. The standard InChI is InChI=1S/C11H12FN3O2S/c12-8-4-2-1-3-7(8)5-14-10(16)11(17)15-6-9(13)18/h1-4H,5-6H2,(H2,13,18)(H,14,16)(H,15,17). The summed E-state index contributed by atoms with van der Waals surface area (Å²) in [5.41, 5.74) is 5.46. The third kappa shape index (κ3) is 4.46. The summed E-state index contributed by atoms with van der Waals surface area (Å²) in [6, 6.07) is 5.96. The summed E-state index contributed by atoms with van der Waals surface area (Å²) in [6.45, 7) is -0.118. The number of carbonyl (C=O) groups is 2. The van der Waals surface area contributed by atoms with Gasteiger partial charge >= 0.3 is 11.8 Å². The summed E-state index contributed by atoms with van der Waals surface area (Å²) in [5.74, 6) is -2.17. The maximum Gasteiger partial charge on any atom is 0.309 e. The molecule has 1 aromatic rings. The van der Waals surface area contributed by atoms with Crippen molar-refractivity contribution in [3.63, 3.8) is 0 Å². The molecule has 0 saturated heterocycles. The largest absolute Gasteiger partial charge is 0.392 e. The number of hydrogen-bond donors (Lipinski definition) is 3. The Morgan fingerprint density at radius 3 is 2.44 bits per heavy atom. The summed E-state index contributed by atoms with van der Waals surface area (Å²) in [4.78, 5) is 22.6. The molecule has 7 heteroatoms. The van der Waals surface area contributed by atoms with Gasteiger partial charge in [0, 0.05) is 12.1 Å². The van der Waals surface area contributed by atoms with Crippen LogP contribution in [0.4, 0.5) is 4.39 Å². The molecule has 0 aliphatic rings. The summed E-state index contributed by atoms with van der Waals surface area (Å²) in [6.07, 6.45) is 0. The molecule has 0 radical (unpaired) electrons. The van der Waals surface area contributed by atoms with Crippen LogP contribution in [-0.4, -0.2) is 23.3 Å². The third-order valence-corrected chi connectivity index (χ3v) is 2.17. The van der Waals surface area contributed by atoms with Crippen molar-refractivity contribution in [2.24, 2.45) is 5.73 Å². The van der Waals surface area contributed by atoms with Gasteiger partial charge < -0.3 is 16.4 Å². The van der Waals surface area contributed by atoms with Gasteiger partial charge in [0.1, 0.15) is 5.82 Å². The van der Waals surface area contributed by atoms with Crippen LogP contribution >= 0.6 is 12.2 Å². The lowest BCUT2D eigenvalue weighted by Gasteiger charge is -2.06. The zero-order valence-corrected chi connectivity index (χ0v) is 10.2. The fraction of sp³-hybridized carbons (Fsp3) is 0.182. The number of nitrogens with one attached hydrogen (secondary N) is 2. The topological polar surface area (TPSA) is 84.2 Å². The Balaban J connectivity index is 2.44. The molecule has 0 aliphatic heterocycles. The van der Waals surface area contributed by atoms with Gasteiger partial charge in [0.05, 0.1) is 11.5 Å². The quantitative estimate of drug-likeness (QED) is 0.524. The maximum absolute atomic E-state index is 13.2. The molecular weight excluding hydrogens is 257 g/mol. The Morgan fingerprint density at radius 1 is 1.22 bits per heavy atom.